The van der Waals surface area contributed by atoms with Crippen LogP contribution in [-0.2, 0) is 0 Å². The van der Waals surface area contributed by atoms with Gasteiger partial charge in [0.15, 0.2) is 10.9 Å². The van der Waals surface area contributed by atoms with Gasteiger partial charge in [-0.25, -0.2) is 0 Å². The van der Waals surface area contributed by atoms with Crippen molar-refractivity contribution in [1.29, 1.82) is 0 Å². The molecule has 0 aromatic rings. The fourth-order valence-electron chi connectivity index (χ4n) is 0.411. The lowest BCUT2D eigenvalue weighted by atomic mass is 10.4. The maximum atomic E-state index is 11.6. The molecule has 0 saturated heterocycles. The minimum absolute atomic E-state index is 0.243. The summed E-state index contributed by atoms with van der Waals surface area (Å²) in [4.78, 5) is 0. The molecule has 1 rings (SSSR count). The Morgan fingerprint density at radius 1 is 1.40 bits per heavy atom. The second kappa shape index (κ2) is 2.16. The highest BCUT2D eigenvalue weighted by atomic mass is 35.5. The third kappa shape index (κ3) is 1.41. The van der Waals surface area contributed by atoms with Gasteiger partial charge in [-0.3, -0.25) is 0 Å². The smallest absolute Gasteiger partial charge is 0.164 e. The summed E-state index contributed by atoms with van der Waals surface area (Å²) in [6.45, 7) is 0. The van der Waals surface area contributed by atoms with Crippen LogP contribution in [0.15, 0.2) is 16.9 Å². The molecule has 0 aliphatic carbocycles. The Labute approximate surface area is 59.4 Å². The first-order valence-electron chi connectivity index (χ1n) is 2.23. The molecule has 0 aromatic heterocycles. The van der Waals surface area contributed by atoms with E-state index in [9.17, 15) is 13.2 Å². The van der Waals surface area contributed by atoms with E-state index in [1.165, 1.54) is 0 Å². The fraction of sp³-hybridized carbons (Fsp3) is 0.250. The molecule has 10 heavy (non-hydrogen) atoms. The summed E-state index contributed by atoms with van der Waals surface area (Å²) in [5, 5.41) is 2.74. The number of alkyl halides is 3. The normalized spacial score (nSPS) is 18.0. The van der Waals surface area contributed by atoms with Gasteiger partial charge >= 0.3 is 6.18 Å². The molecule has 0 bridgehead atoms. The summed E-state index contributed by atoms with van der Waals surface area (Å²) >= 11 is 5.09. The average Bonchev–Trinajstić information content (AvgIpc) is 2.11. The third-order valence-electron chi connectivity index (χ3n) is 0.800. The van der Waals surface area contributed by atoms with Crippen molar-refractivity contribution in [3.63, 3.8) is 0 Å². The first-order chi connectivity index (χ1) is 4.50. The van der Waals surface area contributed by atoms with Gasteiger partial charge in [-0.2, -0.15) is 13.2 Å². The molecule has 0 saturated carbocycles. The Balaban J connectivity index is 2.73. The van der Waals surface area contributed by atoms with Crippen LogP contribution in [0.1, 0.15) is 0 Å². The van der Waals surface area contributed by atoms with Crippen molar-refractivity contribution in [2.24, 2.45) is 5.10 Å². The van der Waals surface area contributed by atoms with Crippen LogP contribution in [-0.4, -0.2) is 11.3 Å². The molecule has 0 atom stereocenters. The first-order valence-corrected chi connectivity index (χ1v) is 2.61. The van der Waals surface area contributed by atoms with Crippen LogP contribution in [0.2, 0.25) is 0 Å². The summed E-state index contributed by atoms with van der Waals surface area (Å²) in [5.74, 6) is 0. The summed E-state index contributed by atoms with van der Waals surface area (Å²) in [6, 6.07) is 0. The van der Waals surface area contributed by atoms with Crippen LogP contribution in [0.25, 0.3) is 0 Å². The van der Waals surface area contributed by atoms with Crippen molar-refractivity contribution in [2.75, 3.05) is 0 Å². The Kier molecular flexibility index (Phi) is 1.60. The lowest BCUT2D eigenvalue weighted by Crippen LogP contribution is -2.15. The average molecular weight is 170 g/mol. The summed E-state index contributed by atoms with van der Waals surface area (Å²) < 4.78 is 34.9. The molecule has 0 aromatic carbocycles. The van der Waals surface area contributed by atoms with Crippen molar-refractivity contribution in [2.45, 2.75) is 6.18 Å². The fourth-order valence-corrected chi connectivity index (χ4v) is 0.552. The molecule has 0 fully saturated rings. The SMILES string of the molecule is FC(F)(F)C1=CC(Cl)=N[N]1. The minimum atomic E-state index is -4.44. The van der Waals surface area contributed by atoms with Gasteiger partial charge in [-0.1, -0.05) is 11.6 Å². The third-order valence-corrected chi connectivity index (χ3v) is 0.984. The quantitative estimate of drug-likeness (QED) is 0.527. The summed E-state index contributed by atoms with van der Waals surface area (Å²) in [6.07, 6.45) is -3.78. The number of rotatable bonds is 0. The highest BCUT2D eigenvalue weighted by Gasteiger charge is 2.37. The van der Waals surface area contributed by atoms with E-state index >= 15 is 0 Å². The number of halogens is 4. The molecular formula is C4HClF3N2. The lowest BCUT2D eigenvalue weighted by molar-refractivity contribution is -0.0964. The Hall–Kier alpha value is -0.710. The summed E-state index contributed by atoms with van der Waals surface area (Å²) in [7, 11) is 0. The van der Waals surface area contributed by atoms with Crippen LogP contribution in [0.3, 0.4) is 0 Å². The zero-order chi connectivity index (χ0) is 7.78. The molecular weight excluding hydrogens is 169 g/mol. The van der Waals surface area contributed by atoms with Crippen molar-refractivity contribution in [3.8, 4) is 0 Å². The van der Waals surface area contributed by atoms with Crippen molar-refractivity contribution >= 4 is 16.8 Å². The van der Waals surface area contributed by atoms with E-state index in [0.717, 1.165) is 0 Å². The highest BCUT2D eigenvalue weighted by molar-refractivity contribution is 6.68. The van der Waals surface area contributed by atoms with Crippen LogP contribution in [0.4, 0.5) is 13.2 Å². The van der Waals surface area contributed by atoms with Gasteiger partial charge in [-0.05, 0) is 0 Å². The molecule has 0 N–H and O–H groups in total. The molecule has 1 heterocycles. The molecule has 55 valence electrons. The molecule has 1 aliphatic heterocycles. The van der Waals surface area contributed by atoms with Crippen LogP contribution in [0, 0.1) is 0 Å². The van der Waals surface area contributed by atoms with Crippen LogP contribution >= 0.6 is 11.6 Å². The van der Waals surface area contributed by atoms with E-state index in [1.807, 2.05) is 0 Å². The van der Waals surface area contributed by atoms with Gasteiger partial charge in [-0.15, -0.1) is 10.5 Å². The zero-order valence-corrected chi connectivity index (χ0v) is 5.24. The molecule has 6 heteroatoms. The van der Waals surface area contributed by atoms with Crippen molar-refractivity contribution < 1.29 is 13.2 Å². The Morgan fingerprint density at radius 2 is 2.00 bits per heavy atom. The molecule has 0 spiro atoms. The second-order valence-corrected chi connectivity index (χ2v) is 1.94. The minimum Gasteiger partial charge on any atom is -0.164 e. The molecule has 0 unspecified atom stereocenters. The van der Waals surface area contributed by atoms with Gasteiger partial charge in [0.2, 0.25) is 0 Å². The van der Waals surface area contributed by atoms with E-state index in [1.54, 1.807) is 0 Å². The standard InChI is InChI=1S/C4HClF3N2/c5-3-1-2(9-10-3)4(6,7)8/h1H. The van der Waals surface area contributed by atoms with Gasteiger partial charge < -0.3 is 0 Å². The van der Waals surface area contributed by atoms with Crippen LogP contribution < -0.4 is 5.43 Å². The van der Waals surface area contributed by atoms with Gasteiger partial charge in [0.05, 0.1) is 0 Å². The van der Waals surface area contributed by atoms with Crippen molar-refractivity contribution in [1.82, 2.24) is 5.43 Å². The van der Waals surface area contributed by atoms with E-state index in [4.69, 9.17) is 11.6 Å². The predicted octanol–water partition coefficient (Wildman–Crippen LogP) is 1.60. The van der Waals surface area contributed by atoms with E-state index in [0.29, 0.717) is 6.08 Å². The maximum Gasteiger partial charge on any atom is 0.435 e. The largest absolute Gasteiger partial charge is 0.435 e. The number of allylic oxidation sites excluding steroid dienone is 2. The molecule has 1 radical (unpaired) electrons. The topological polar surface area (TPSA) is 26.5 Å². The van der Waals surface area contributed by atoms with E-state index < -0.39 is 11.9 Å². The van der Waals surface area contributed by atoms with Crippen LogP contribution in [0.5, 0.6) is 0 Å². The second-order valence-electron chi connectivity index (χ2n) is 1.55. The molecule has 0 amide bonds. The zero-order valence-electron chi connectivity index (χ0n) is 4.48. The number of nitrogens with zero attached hydrogens (tertiary/aromatic N) is 2. The van der Waals surface area contributed by atoms with Gasteiger partial charge in [0.25, 0.3) is 0 Å². The molecule has 1 aliphatic rings. The Bertz CT molecular complexity index is 205. The predicted molar refractivity (Wildman–Crippen MR) is 29.6 cm³/mol. The van der Waals surface area contributed by atoms with Gasteiger partial charge in [0.1, 0.15) is 0 Å². The highest BCUT2D eigenvalue weighted by Crippen LogP contribution is 2.26. The monoisotopic (exact) mass is 169 g/mol. The van der Waals surface area contributed by atoms with Crippen molar-refractivity contribution in [3.05, 3.63) is 11.8 Å². The first kappa shape index (κ1) is 7.40. The lowest BCUT2D eigenvalue weighted by Gasteiger charge is -2.02. The maximum absolute atomic E-state index is 11.6. The van der Waals surface area contributed by atoms with Gasteiger partial charge in [0, 0.05) is 6.08 Å². The van der Waals surface area contributed by atoms with E-state index in [2.05, 4.69) is 10.5 Å². The molecule has 2 nitrogen and oxygen atoms in total. The number of hydrogen-bond acceptors (Lipinski definition) is 1. The van der Waals surface area contributed by atoms with E-state index in [-0.39, 0.29) is 5.17 Å². The Morgan fingerprint density at radius 3 is 2.20 bits per heavy atom. The summed E-state index contributed by atoms with van der Waals surface area (Å²) in [5.41, 5.74) is 1.72. The number of hydrogen-bond donors (Lipinski definition) is 0.